The van der Waals surface area contributed by atoms with Gasteiger partial charge in [0, 0.05) is 23.2 Å². The zero-order valence-corrected chi connectivity index (χ0v) is 18.7. The highest BCUT2D eigenvalue weighted by molar-refractivity contribution is 5.82. The summed E-state index contributed by atoms with van der Waals surface area (Å²) < 4.78 is 5.26. The SMILES string of the molecule is CCC1CCC(C(C)c2cc3cc(CCc4ccc(OC)cc4)ccc3cn2)CC1. The normalized spacial score (nSPS) is 20.2. The topological polar surface area (TPSA) is 22.1 Å². The number of methoxy groups -OCH3 is 1. The maximum Gasteiger partial charge on any atom is 0.118 e. The van der Waals surface area contributed by atoms with Gasteiger partial charge in [0.15, 0.2) is 0 Å². The van der Waals surface area contributed by atoms with Crippen molar-refractivity contribution >= 4 is 10.8 Å². The summed E-state index contributed by atoms with van der Waals surface area (Å²) in [7, 11) is 1.71. The first-order chi connectivity index (χ1) is 14.7. The molecule has 1 saturated carbocycles. The minimum absolute atomic E-state index is 0.551. The molecule has 1 heterocycles. The van der Waals surface area contributed by atoms with E-state index in [2.05, 4.69) is 56.4 Å². The molecule has 2 aromatic carbocycles. The summed E-state index contributed by atoms with van der Waals surface area (Å²) in [6.07, 6.45) is 11.0. The minimum atomic E-state index is 0.551. The van der Waals surface area contributed by atoms with E-state index in [0.717, 1.165) is 30.4 Å². The predicted molar refractivity (Wildman–Crippen MR) is 126 cm³/mol. The van der Waals surface area contributed by atoms with Gasteiger partial charge in [-0.05, 0) is 72.2 Å². The van der Waals surface area contributed by atoms with E-state index in [-0.39, 0.29) is 0 Å². The Balaban J connectivity index is 1.45. The van der Waals surface area contributed by atoms with Crippen LogP contribution in [0.25, 0.3) is 10.8 Å². The maximum absolute atomic E-state index is 5.26. The summed E-state index contributed by atoms with van der Waals surface area (Å²) in [5.41, 5.74) is 4.02. The Labute approximate surface area is 181 Å². The Morgan fingerprint density at radius 2 is 1.60 bits per heavy atom. The van der Waals surface area contributed by atoms with E-state index in [1.54, 1.807) is 7.11 Å². The van der Waals surface area contributed by atoms with E-state index in [4.69, 9.17) is 9.72 Å². The Bertz CT molecular complexity index is 954. The highest BCUT2D eigenvalue weighted by Gasteiger charge is 2.26. The molecule has 1 atom stereocenters. The summed E-state index contributed by atoms with van der Waals surface area (Å²) in [5, 5.41) is 2.58. The van der Waals surface area contributed by atoms with Gasteiger partial charge < -0.3 is 4.74 Å². The van der Waals surface area contributed by atoms with Gasteiger partial charge in [-0.1, -0.05) is 63.4 Å². The molecule has 158 valence electrons. The number of rotatable bonds is 7. The molecule has 4 rings (SSSR count). The summed E-state index contributed by atoms with van der Waals surface area (Å²) in [5.74, 6) is 3.21. The number of aryl methyl sites for hydroxylation is 2. The molecule has 0 radical (unpaired) electrons. The monoisotopic (exact) mass is 401 g/mol. The Morgan fingerprint density at radius 3 is 2.30 bits per heavy atom. The van der Waals surface area contributed by atoms with Crippen LogP contribution in [-0.2, 0) is 12.8 Å². The molecule has 0 bridgehead atoms. The summed E-state index contributed by atoms with van der Waals surface area (Å²) in [6, 6.07) is 17.6. The van der Waals surface area contributed by atoms with Crippen LogP contribution in [0.4, 0.5) is 0 Å². The Hall–Kier alpha value is -2.35. The third-order valence-corrected chi connectivity index (χ3v) is 7.31. The molecule has 0 N–H and O–H groups in total. The molecule has 0 saturated heterocycles. The van der Waals surface area contributed by atoms with Gasteiger partial charge in [-0.25, -0.2) is 0 Å². The van der Waals surface area contributed by atoms with Gasteiger partial charge in [0.1, 0.15) is 5.75 Å². The molecule has 2 heteroatoms. The van der Waals surface area contributed by atoms with Gasteiger partial charge in [0.25, 0.3) is 0 Å². The average Bonchev–Trinajstić information content (AvgIpc) is 2.82. The van der Waals surface area contributed by atoms with Crippen LogP contribution in [0, 0.1) is 11.8 Å². The van der Waals surface area contributed by atoms with E-state index in [9.17, 15) is 0 Å². The van der Waals surface area contributed by atoms with Crippen molar-refractivity contribution < 1.29 is 4.74 Å². The van der Waals surface area contributed by atoms with Crippen LogP contribution in [0.5, 0.6) is 5.75 Å². The van der Waals surface area contributed by atoms with Crippen molar-refractivity contribution in [2.24, 2.45) is 11.8 Å². The lowest BCUT2D eigenvalue weighted by Gasteiger charge is -2.31. The first kappa shape index (κ1) is 20.9. The quantitative estimate of drug-likeness (QED) is 0.413. The number of fused-ring (bicyclic) bond motifs is 1. The Morgan fingerprint density at radius 1 is 0.900 bits per heavy atom. The second kappa shape index (κ2) is 9.64. The molecular formula is C28H35NO. The van der Waals surface area contributed by atoms with E-state index in [1.807, 2.05) is 12.1 Å². The van der Waals surface area contributed by atoms with Gasteiger partial charge in [0.2, 0.25) is 0 Å². The molecule has 1 aliphatic carbocycles. The lowest BCUT2D eigenvalue weighted by atomic mass is 9.74. The number of hydrogen-bond donors (Lipinski definition) is 0. The first-order valence-electron chi connectivity index (χ1n) is 11.7. The molecule has 0 spiro atoms. The molecule has 0 amide bonds. The average molecular weight is 402 g/mol. The van der Waals surface area contributed by atoms with Crippen LogP contribution in [0.15, 0.2) is 54.7 Å². The van der Waals surface area contributed by atoms with E-state index in [0.29, 0.717) is 5.92 Å². The number of pyridine rings is 1. The summed E-state index contributed by atoms with van der Waals surface area (Å²) >= 11 is 0. The lowest BCUT2D eigenvalue weighted by molar-refractivity contribution is 0.243. The fourth-order valence-corrected chi connectivity index (χ4v) is 5.03. The van der Waals surface area contributed by atoms with E-state index >= 15 is 0 Å². The molecule has 30 heavy (non-hydrogen) atoms. The van der Waals surface area contributed by atoms with Crippen LogP contribution in [-0.4, -0.2) is 12.1 Å². The Kier molecular flexibility index (Phi) is 6.72. The molecule has 2 nitrogen and oxygen atoms in total. The smallest absolute Gasteiger partial charge is 0.118 e. The van der Waals surface area contributed by atoms with Crippen molar-refractivity contribution in [3.05, 3.63) is 71.5 Å². The summed E-state index contributed by atoms with van der Waals surface area (Å²) in [4.78, 5) is 4.85. The number of hydrogen-bond acceptors (Lipinski definition) is 2. The van der Waals surface area contributed by atoms with Crippen LogP contribution < -0.4 is 4.74 Å². The highest BCUT2D eigenvalue weighted by atomic mass is 16.5. The number of benzene rings is 2. The minimum Gasteiger partial charge on any atom is -0.497 e. The fourth-order valence-electron chi connectivity index (χ4n) is 5.03. The second-order valence-corrected chi connectivity index (χ2v) is 9.12. The largest absolute Gasteiger partial charge is 0.497 e. The second-order valence-electron chi connectivity index (χ2n) is 9.12. The molecule has 1 unspecified atom stereocenters. The first-order valence-corrected chi connectivity index (χ1v) is 11.7. The van der Waals surface area contributed by atoms with Crippen LogP contribution in [0.3, 0.4) is 0 Å². The van der Waals surface area contributed by atoms with Crippen LogP contribution >= 0.6 is 0 Å². The van der Waals surface area contributed by atoms with Gasteiger partial charge >= 0.3 is 0 Å². The van der Waals surface area contributed by atoms with Crippen molar-refractivity contribution in [2.75, 3.05) is 7.11 Å². The van der Waals surface area contributed by atoms with E-state index in [1.165, 1.54) is 59.7 Å². The van der Waals surface area contributed by atoms with Crippen LogP contribution in [0.2, 0.25) is 0 Å². The van der Waals surface area contributed by atoms with Crippen molar-refractivity contribution in [3.8, 4) is 5.75 Å². The number of aromatic nitrogens is 1. The molecular weight excluding hydrogens is 366 g/mol. The third kappa shape index (κ3) is 4.86. The molecule has 1 aliphatic rings. The molecule has 3 aromatic rings. The van der Waals surface area contributed by atoms with Gasteiger partial charge in [-0.15, -0.1) is 0 Å². The van der Waals surface area contributed by atoms with Gasteiger partial charge in [0.05, 0.1) is 7.11 Å². The predicted octanol–water partition coefficient (Wildman–Crippen LogP) is 7.35. The summed E-state index contributed by atoms with van der Waals surface area (Å²) in [6.45, 7) is 4.73. The van der Waals surface area contributed by atoms with Gasteiger partial charge in [-0.2, -0.15) is 0 Å². The number of nitrogens with zero attached hydrogens (tertiary/aromatic N) is 1. The van der Waals surface area contributed by atoms with Crippen molar-refractivity contribution in [2.45, 2.75) is 64.7 Å². The standard InChI is InChI=1S/C28H35NO/c1-4-21-7-12-24(13-8-21)20(2)28-18-26-17-23(9-14-25(26)19-29-28)6-5-22-10-15-27(30-3)16-11-22/h9-11,14-21,24H,4-8,12-13H2,1-3H3. The number of ether oxygens (including phenoxy) is 1. The van der Waals surface area contributed by atoms with Crippen molar-refractivity contribution in [1.82, 2.24) is 4.98 Å². The van der Waals surface area contributed by atoms with Crippen molar-refractivity contribution in [1.29, 1.82) is 0 Å². The van der Waals surface area contributed by atoms with Gasteiger partial charge in [-0.3, -0.25) is 4.98 Å². The van der Waals surface area contributed by atoms with Crippen LogP contribution in [0.1, 0.15) is 68.7 Å². The lowest BCUT2D eigenvalue weighted by Crippen LogP contribution is -2.19. The zero-order valence-electron chi connectivity index (χ0n) is 18.7. The zero-order chi connectivity index (χ0) is 20.9. The molecule has 1 aromatic heterocycles. The van der Waals surface area contributed by atoms with Crippen molar-refractivity contribution in [3.63, 3.8) is 0 Å². The maximum atomic E-state index is 5.26. The van der Waals surface area contributed by atoms with E-state index < -0.39 is 0 Å². The fraction of sp³-hybridized carbons (Fsp3) is 0.464. The highest BCUT2D eigenvalue weighted by Crippen LogP contribution is 2.38. The molecule has 0 aliphatic heterocycles. The molecule has 1 fully saturated rings. The third-order valence-electron chi connectivity index (χ3n) is 7.31.